The highest BCUT2D eigenvalue weighted by Crippen LogP contribution is 2.36. The second-order valence-electron chi connectivity index (χ2n) is 10.8. The number of ether oxygens (including phenoxy) is 1. The summed E-state index contributed by atoms with van der Waals surface area (Å²) in [4.78, 5) is 38.9. The minimum Gasteiger partial charge on any atom is -0.444 e. The average molecular weight is 692 g/mol. The molecule has 1 heterocycles. The lowest BCUT2D eigenvalue weighted by Crippen LogP contribution is -2.45. The molecule has 0 aliphatic heterocycles. The maximum absolute atomic E-state index is 13.3. The zero-order chi connectivity index (χ0) is 32.7. The van der Waals surface area contributed by atoms with E-state index in [1.165, 1.54) is 4.90 Å². The summed E-state index contributed by atoms with van der Waals surface area (Å²) in [6.45, 7) is 5.19. The van der Waals surface area contributed by atoms with Gasteiger partial charge in [0.1, 0.15) is 17.3 Å². The number of nitrogens with zero attached hydrogens (tertiary/aromatic N) is 2. The molecule has 0 radical (unpaired) electrons. The molecular weight excluding hydrogens is 662 g/mol. The molecule has 0 spiro atoms. The van der Waals surface area contributed by atoms with Gasteiger partial charge >= 0.3 is 6.09 Å². The largest absolute Gasteiger partial charge is 0.444 e. The maximum Gasteiger partial charge on any atom is 0.408 e. The molecule has 0 unspecified atom stereocenters. The summed E-state index contributed by atoms with van der Waals surface area (Å²) in [5.41, 5.74) is 1.80. The van der Waals surface area contributed by atoms with E-state index in [0.29, 0.717) is 43.9 Å². The molecule has 3 amide bonds. The van der Waals surface area contributed by atoms with Crippen molar-refractivity contribution in [3.8, 4) is 22.6 Å². The van der Waals surface area contributed by atoms with Gasteiger partial charge in [0.05, 0.1) is 10.0 Å². The van der Waals surface area contributed by atoms with Gasteiger partial charge in [-0.3, -0.25) is 9.59 Å². The molecule has 0 aliphatic rings. The molecule has 45 heavy (non-hydrogen) atoms. The fourth-order valence-corrected chi connectivity index (χ4v) is 5.17. The highest BCUT2D eigenvalue weighted by atomic mass is 35.5. The van der Waals surface area contributed by atoms with Crippen molar-refractivity contribution >= 4 is 70.0 Å². The Balaban J connectivity index is 1.52. The number of hydrogen-bond donors (Lipinski definition) is 2. The molecule has 0 aliphatic carbocycles. The van der Waals surface area contributed by atoms with E-state index in [2.05, 4.69) is 15.8 Å². The van der Waals surface area contributed by atoms with E-state index in [0.717, 1.165) is 0 Å². The zero-order valence-electron chi connectivity index (χ0n) is 24.5. The van der Waals surface area contributed by atoms with Crippen molar-refractivity contribution in [1.82, 2.24) is 15.8 Å². The number of carbonyl (C=O) groups is 3. The molecule has 9 nitrogen and oxygen atoms in total. The third-order valence-electron chi connectivity index (χ3n) is 6.31. The van der Waals surface area contributed by atoms with Crippen LogP contribution < -0.4 is 15.5 Å². The molecular formula is C32H30Cl4N4O5. The number of alkyl halides is 2. The first-order valence-corrected chi connectivity index (χ1v) is 15.4. The lowest BCUT2D eigenvalue weighted by Gasteiger charge is -2.26. The van der Waals surface area contributed by atoms with Gasteiger partial charge in [-0.05, 0) is 50.6 Å². The number of aromatic nitrogens is 1. The highest BCUT2D eigenvalue weighted by Gasteiger charge is 2.27. The van der Waals surface area contributed by atoms with Crippen LogP contribution in [-0.4, -0.2) is 46.6 Å². The van der Waals surface area contributed by atoms with Crippen molar-refractivity contribution in [2.45, 2.75) is 37.3 Å². The number of benzene rings is 3. The summed E-state index contributed by atoms with van der Waals surface area (Å²) >= 11 is 24.6. The first-order chi connectivity index (χ1) is 21.3. The second kappa shape index (κ2) is 15.0. The summed E-state index contributed by atoms with van der Waals surface area (Å²) in [6, 6.07) is 21.4. The lowest BCUT2D eigenvalue weighted by molar-refractivity contribution is -0.123. The van der Waals surface area contributed by atoms with Crippen molar-refractivity contribution in [3.05, 3.63) is 94.5 Å². The van der Waals surface area contributed by atoms with E-state index in [1.54, 1.807) is 99.6 Å². The molecule has 4 aromatic rings. The van der Waals surface area contributed by atoms with Gasteiger partial charge in [-0.2, -0.15) is 0 Å². The van der Waals surface area contributed by atoms with Crippen molar-refractivity contribution < 1.29 is 23.6 Å². The number of anilines is 1. The summed E-state index contributed by atoms with van der Waals surface area (Å²) in [5.74, 6) is -0.706. The number of carbonyl (C=O) groups excluding carboxylic acids is 3. The number of rotatable bonds is 10. The maximum atomic E-state index is 13.3. The Morgan fingerprint density at radius 3 is 2.24 bits per heavy atom. The molecule has 1 aromatic heterocycles. The molecule has 0 saturated carbocycles. The van der Waals surface area contributed by atoms with E-state index in [9.17, 15) is 14.4 Å². The second-order valence-corrected chi connectivity index (χ2v) is 12.7. The third kappa shape index (κ3) is 9.14. The van der Waals surface area contributed by atoms with Crippen LogP contribution in [-0.2, 0) is 14.3 Å². The minimum atomic E-state index is -1.37. The fraction of sp³-hybridized carbons (Fsp3) is 0.250. The van der Waals surface area contributed by atoms with Gasteiger partial charge in [0, 0.05) is 36.0 Å². The van der Waals surface area contributed by atoms with Gasteiger partial charge in [0.2, 0.25) is 5.91 Å². The molecule has 4 rings (SSSR count). The molecule has 0 fully saturated rings. The van der Waals surface area contributed by atoms with Crippen LogP contribution in [0.2, 0.25) is 10.0 Å². The minimum absolute atomic E-state index is 0.00604. The van der Waals surface area contributed by atoms with Gasteiger partial charge in [-0.15, -0.1) is 0 Å². The van der Waals surface area contributed by atoms with Crippen LogP contribution in [0.1, 0.15) is 32.4 Å². The van der Waals surface area contributed by atoms with Crippen molar-refractivity contribution in [2.75, 3.05) is 18.0 Å². The number of amides is 3. The van der Waals surface area contributed by atoms with Crippen LogP contribution in [0.5, 0.6) is 0 Å². The van der Waals surface area contributed by atoms with E-state index in [1.807, 2.05) is 0 Å². The van der Waals surface area contributed by atoms with E-state index in [-0.39, 0.29) is 13.1 Å². The Kier molecular flexibility index (Phi) is 11.4. The Bertz CT molecular complexity index is 1640. The Morgan fingerprint density at radius 2 is 1.60 bits per heavy atom. The van der Waals surface area contributed by atoms with Crippen LogP contribution >= 0.6 is 46.4 Å². The molecule has 13 heteroatoms. The molecule has 2 N–H and O–H groups in total. The van der Waals surface area contributed by atoms with E-state index < -0.39 is 34.4 Å². The van der Waals surface area contributed by atoms with Crippen molar-refractivity contribution in [3.63, 3.8) is 0 Å². The van der Waals surface area contributed by atoms with Crippen molar-refractivity contribution in [1.29, 1.82) is 0 Å². The summed E-state index contributed by atoms with van der Waals surface area (Å²) in [5, 5.41) is 10.4. The molecule has 3 aromatic carbocycles. The molecule has 1 atom stereocenters. The van der Waals surface area contributed by atoms with Gasteiger partial charge < -0.3 is 24.8 Å². The Morgan fingerprint density at radius 1 is 0.933 bits per heavy atom. The van der Waals surface area contributed by atoms with Crippen LogP contribution in [0.15, 0.2) is 83.4 Å². The average Bonchev–Trinajstić information content (AvgIpc) is 3.47. The SMILES string of the molecule is CC(C)(C)OC(=O)N[C@H](C(=O)NCCN(C(=O)C(Cl)Cl)c1cccc(-c2cc(-c3c(Cl)cccc3Cl)no2)c1)c1ccccc1. The number of halogens is 4. The van der Waals surface area contributed by atoms with E-state index >= 15 is 0 Å². The predicted octanol–water partition coefficient (Wildman–Crippen LogP) is 7.83. The monoisotopic (exact) mass is 690 g/mol. The summed E-state index contributed by atoms with van der Waals surface area (Å²) in [7, 11) is 0. The van der Waals surface area contributed by atoms with E-state index in [4.69, 9.17) is 55.7 Å². The normalized spacial score (nSPS) is 12.0. The van der Waals surface area contributed by atoms with Crippen LogP contribution in [0.25, 0.3) is 22.6 Å². The molecule has 236 valence electrons. The Hall–Kier alpha value is -3.76. The quantitative estimate of drug-likeness (QED) is 0.164. The van der Waals surface area contributed by atoms with Crippen LogP contribution in [0.4, 0.5) is 10.5 Å². The fourth-order valence-electron chi connectivity index (χ4n) is 4.35. The van der Waals surface area contributed by atoms with Gasteiger partial charge in [-0.1, -0.05) is 100 Å². The molecule has 0 saturated heterocycles. The number of alkyl carbamates (subject to hydrolysis) is 1. The summed E-state index contributed by atoms with van der Waals surface area (Å²) in [6.07, 6.45) is -0.750. The van der Waals surface area contributed by atoms with Crippen molar-refractivity contribution in [2.24, 2.45) is 0 Å². The smallest absolute Gasteiger partial charge is 0.408 e. The standard InChI is InChI=1S/C32H30Cl4N4O5/c1-32(2,3)44-31(43)38-27(19-9-5-4-6-10-19)29(41)37-15-16-40(30(42)28(35)36)21-12-7-11-20(17-21)25-18-24(39-45-25)26-22(33)13-8-14-23(26)34/h4-14,17-18,27-28H,15-16H2,1-3H3,(H,37,41)(H,38,43)/t27-/m0/s1. The van der Waals surface area contributed by atoms with Crippen LogP contribution in [0.3, 0.4) is 0 Å². The third-order valence-corrected chi connectivity index (χ3v) is 7.32. The van der Waals surface area contributed by atoms with Gasteiger partial charge in [0.15, 0.2) is 10.6 Å². The topological polar surface area (TPSA) is 114 Å². The Labute approximate surface area is 280 Å². The number of hydrogen-bond acceptors (Lipinski definition) is 6. The zero-order valence-corrected chi connectivity index (χ0v) is 27.5. The first kappa shape index (κ1) is 34.1. The highest BCUT2D eigenvalue weighted by molar-refractivity contribution is 6.54. The number of nitrogens with one attached hydrogen (secondary N) is 2. The lowest BCUT2D eigenvalue weighted by atomic mass is 10.1. The first-order valence-electron chi connectivity index (χ1n) is 13.8. The predicted molar refractivity (Wildman–Crippen MR) is 177 cm³/mol. The summed E-state index contributed by atoms with van der Waals surface area (Å²) < 4.78 is 10.9. The van der Waals surface area contributed by atoms with Crippen LogP contribution in [0, 0.1) is 0 Å². The van der Waals surface area contributed by atoms with Gasteiger partial charge in [0.25, 0.3) is 5.91 Å². The molecule has 0 bridgehead atoms. The van der Waals surface area contributed by atoms with Gasteiger partial charge in [-0.25, -0.2) is 4.79 Å².